The molecule has 1 aromatic rings. The zero-order chi connectivity index (χ0) is 13.0. The lowest BCUT2D eigenvalue weighted by Gasteiger charge is -2.12. The Kier molecular flexibility index (Phi) is 4.06. The normalized spacial score (nSPS) is 16.1. The molecule has 0 aromatic carbocycles. The van der Waals surface area contributed by atoms with Crippen molar-refractivity contribution in [3.05, 3.63) is 18.1 Å². The van der Waals surface area contributed by atoms with E-state index in [9.17, 15) is 4.79 Å². The fourth-order valence-corrected chi connectivity index (χ4v) is 2.39. The predicted molar refractivity (Wildman–Crippen MR) is 74.0 cm³/mol. The minimum absolute atomic E-state index is 0.150. The molecule has 1 heterocycles. The zero-order valence-corrected chi connectivity index (χ0v) is 11.5. The standard InChI is InChI=1S/C12H18N4OS/c1-3-14-10-7-13-6-9(16-10)11(17)15-8-12(18-2)4-5-12/h6-7H,3-5,8H2,1-2H3,(H,14,16)(H,15,17). The molecule has 1 aliphatic rings. The van der Waals surface area contributed by atoms with Crippen LogP contribution in [0, 0.1) is 0 Å². The second-order valence-electron chi connectivity index (χ2n) is 4.39. The van der Waals surface area contributed by atoms with E-state index in [1.54, 1.807) is 6.20 Å². The van der Waals surface area contributed by atoms with Gasteiger partial charge in [0.25, 0.3) is 5.91 Å². The first-order valence-electron chi connectivity index (χ1n) is 6.08. The van der Waals surface area contributed by atoms with Gasteiger partial charge < -0.3 is 10.6 Å². The van der Waals surface area contributed by atoms with E-state index in [4.69, 9.17) is 0 Å². The van der Waals surface area contributed by atoms with Crippen molar-refractivity contribution in [2.24, 2.45) is 0 Å². The van der Waals surface area contributed by atoms with Gasteiger partial charge in [0.2, 0.25) is 0 Å². The van der Waals surface area contributed by atoms with Crippen molar-refractivity contribution in [2.45, 2.75) is 24.5 Å². The lowest BCUT2D eigenvalue weighted by atomic mass is 10.3. The highest BCUT2D eigenvalue weighted by atomic mass is 32.2. The minimum atomic E-state index is -0.150. The Balaban J connectivity index is 1.93. The molecule has 1 aromatic heterocycles. The van der Waals surface area contributed by atoms with Crippen molar-refractivity contribution in [1.82, 2.24) is 15.3 Å². The number of carbonyl (C=O) groups is 1. The number of carbonyl (C=O) groups excluding carboxylic acids is 1. The predicted octanol–water partition coefficient (Wildman–Crippen LogP) is 1.53. The van der Waals surface area contributed by atoms with Crippen LogP contribution in [-0.2, 0) is 0 Å². The molecule has 0 saturated heterocycles. The molecule has 6 heteroatoms. The maximum Gasteiger partial charge on any atom is 0.271 e. The van der Waals surface area contributed by atoms with Gasteiger partial charge in [-0.25, -0.2) is 4.98 Å². The van der Waals surface area contributed by atoms with Crippen molar-refractivity contribution in [3.63, 3.8) is 0 Å². The molecule has 0 bridgehead atoms. The molecule has 18 heavy (non-hydrogen) atoms. The number of hydrogen-bond donors (Lipinski definition) is 2. The van der Waals surface area contributed by atoms with Gasteiger partial charge in [-0.1, -0.05) is 0 Å². The van der Waals surface area contributed by atoms with E-state index >= 15 is 0 Å². The first-order valence-corrected chi connectivity index (χ1v) is 7.31. The summed E-state index contributed by atoms with van der Waals surface area (Å²) >= 11 is 1.82. The summed E-state index contributed by atoms with van der Waals surface area (Å²) in [7, 11) is 0. The maximum atomic E-state index is 11.9. The molecule has 1 fully saturated rings. The summed E-state index contributed by atoms with van der Waals surface area (Å²) in [5.74, 6) is 0.485. The molecule has 0 unspecified atom stereocenters. The molecule has 0 atom stereocenters. The van der Waals surface area contributed by atoms with Crippen molar-refractivity contribution in [2.75, 3.05) is 24.7 Å². The third-order valence-corrected chi connectivity index (χ3v) is 4.46. The van der Waals surface area contributed by atoms with Gasteiger partial charge in [0, 0.05) is 17.8 Å². The highest BCUT2D eigenvalue weighted by Crippen LogP contribution is 2.46. The van der Waals surface area contributed by atoms with Crippen LogP contribution in [0.25, 0.3) is 0 Å². The first-order chi connectivity index (χ1) is 8.69. The fourth-order valence-electron chi connectivity index (χ4n) is 1.67. The third kappa shape index (κ3) is 3.13. The van der Waals surface area contributed by atoms with E-state index in [0.29, 0.717) is 18.1 Å². The van der Waals surface area contributed by atoms with Gasteiger partial charge in [0.05, 0.1) is 12.4 Å². The smallest absolute Gasteiger partial charge is 0.271 e. The van der Waals surface area contributed by atoms with Gasteiger partial charge in [-0.05, 0) is 26.0 Å². The summed E-state index contributed by atoms with van der Waals surface area (Å²) < 4.78 is 0.266. The van der Waals surface area contributed by atoms with Crippen LogP contribution in [0.2, 0.25) is 0 Å². The summed E-state index contributed by atoms with van der Waals surface area (Å²) in [6, 6.07) is 0. The van der Waals surface area contributed by atoms with Gasteiger partial charge in [-0.3, -0.25) is 9.78 Å². The Labute approximate surface area is 111 Å². The minimum Gasteiger partial charge on any atom is -0.369 e. The second kappa shape index (κ2) is 5.56. The maximum absolute atomic E-state index is 11.9. The number of amides is 1. The van der Waals surface area contributed by atoms with E-state index in [-0.39, 0.29) is 10.7 Å². The second-order valence-corrected chi connectivity index (χ2v) is 5.66. The highest BCUT2D eigenvalue weighted by molar-refractivity contribution is 8.00. The molecule has 0 radical (unpaired) electrons. The Hall–Kier alpha value is -1.30. The van der Waals surface area contributed by atoms with Crippen LogP contribution in [-0.4, -0.2) is 40.0 Å². The van der Waals surface area contributed by atoms with Crippen LogP contribution >= 0.6 is 11.8 Å². The van der Waals surface area contributed by atoms with Crippen LogP contribution in [0.5, 0.6) is 0 Å². The van der Waals surface area contributed by atoms with Gasteiger partial charge >= 0.3 is 0 Å². The summed E-state index contributed by atoms with van der Waals surface area (Å²) in [5, 5.41) is 5.97. The monoisotopic (exact) mass is 266 g/mol. The fraction of sp³-hybridized carbons (Fsp3) is 0.583. The van der Waals surface area contributed by atoms with E-state index < -0.39 is 0 Å². The van der Waals surface area contributed by atoms with Crippen LogP contribution in [0.3, 0.4) is 0 Å². The molecule has 1 aliphatic carbocycles. The van der Waals surface area contributed by atoms with Crippen LogP contribution < -0.4 is 10.6 Å². The highest BCUT2D eigenvalue weighted by Gasteiger charge is 2.42. The molecule has 0 spiro atoms. The Morgan fingerprint density at radius 3 is 2.89 bits per heavy atom. The lowest BCUT2D eigenvalue weighted by Crippen LogP contribution is -2.32. The molecule has 2 rings (SSSR count). The quantitative estimate of drug-likeness (QED) is 0.817. The average molecular weight is 266 g/mol. The third-order valence-electron chi connectivity index (χ3n) is 3.04. The molecule has 5 nitrogen and oxygen atoms in total. The summed E-state index contributed by atoms with van der Waals surface area (Å²) in [4.78, 5) is 20.2. The molecular weight excluding hydrogens is 248 g/mol. The summed E-state index contributed by atoms with van der Waals surface area (Å²) in [5.41, 5.74) is 0.366. The molecular formula is C12H18N4OS. The van der Waals surface area contributed by atoms with Crippen LogP contribution in [0.4, 0.5) is 5.82 Å². The van der Waals surface area contributed by atoms with E-state index in [0.717, 1.165) is 6.54 Å². The summed E-state index contributed by atoms with van der Waals surface area (Å²) in [6.07, 6.45) is 7.55. The SMILES string of the molecule is CCNc1cncc(C(=O)NCC2(SC)CC2)n1. The molecule has 1 saturated carbocycles. The van der Waals surface area contributed by atoms with Gasteiger partial charge in [0.15, 0.2) is 0 Å². The average Bonchev–Trinajstić information content (AvgIpc) is 3.17. The Morgan fingerprint density at radius 2 is 2.28 bits per heavy atom. The van der Waals surface area contributed by atoms with Gasteiger partial charge in [0.1, 0.15) is 11.5 Å². The Bertz CT molecular complexity index is 434. The van der Waals surface area contributed by atoms with Crippen molar-refractivity contribution >= 4 is 23.5 Å². The van der Waals surface area contributed by atoms with Crippen LogP contribution in [0.15, 0.2) is 12.4 Å². The molecule has 1 amide bonds. The van der Waals surface area contributed by atoms with Gasteiger partial charge in [-0.15, -0.1) is 0 Å². The van der Waals surface area contributed by atoms with E-state index in [1.807, 2.05) is 18.7 Å². The molecule has 98 valence electrons. The molecule has 0 aliphatic heterocycles. The Morgan fingerprint density at radius 1 is 1.50 bits per heavy atom. The number of nitrogens with one attached hydrogen (secondary N) is 2. The number of nitrogens with zero attached hydrogens (tertiary/aromatic N) is 2. The first kappa shape index (κ1) is 13.1. The molecule has 2 N–H and O–H groups in total. The topological polar surface area (TPSA) is 66.9 Å². The van der Waals surface area contributed by atoms with E-state index in [2.05, 4.69) is 26.9 Å². The number of anilines is 1. The van der Waals surface area contributed by atoms with E-state index in [1.165, 1.54) is 19.0 Å². The van der Waals surface area contributed by atoms with Crippen molar-refractivity contribution < 1.29 is 4.79 Å². The van der Waals surface area contributed by atoms with Crippen LogP contribution in [0.1, 0.15) is 30.3 Å². The number of thioether (sulfide) groups is 1. The largest absolute Gasteiger partial charge is 0.369 e. The summed E-state index contributed by atoms with van der Waals surface area (Å²) in [6.45, 7) is 3.44. The zero-order valence-electron chi connectivity index (χ0n) is 10.7. The number of hydrogen-bond acceptors (Lipinski definition) is 5. The van der Waals surface area contributed by atoms with Crippen molar-refractivity contribution in [3.8, 4) is 0 Å². The number of rotatable bonds is 6. The lowest BCUT2D eigenvalue weighted by molar-refractivity contribution is 0.0947. The van der Waals surface area contributed by atoms with Gasteiger partial charge in [-0.2, -0.15) is 11.8 Å². The van der Waals surface area contributed by atoms with Crippen molar-refractivity contribution in [1.29, 1.82) is 0 Å². The number of aromatic nitrogens is 2.